The van der Waals surface area contributed by atoms with Gasteiger partial charge in [0.1, 0.15) is 11.3 Å². The number of ether oxygens (including phenoxy) is 2. The Balaban J connectivity index is 2.26. The standard InChI is InChI=1S/C18H18N2O4/c1-3-23-18(22)15-13(11-7-5-4-6-8-11)14-12(24-16(15)19)9-10(2)20-17(14)21/h4-9,13H,3,19H2,1-2H3,(H,20,21). The molecule has 0 fully saturated rings. The van der Waals surface area contributed by atoms with Gasteiger partial charge in [-0.25, -0.2) is 4.79 Å². The molecular formula is C18H18N2O4. The highest BCUT2D eigenvalue weighted by atomic mass is 16.5. The van der Waals surface area contributed by atoms with Crippen LogP contribution in [0.2, 0.25) is 0 Å². The maximum Gasteiger partial charge on any atom is 0.340 e. The van der Waals surface area contributed by atoms with Crippen LogP contribution in [0.3, 0.4) is 0 Å². The normalized spacial score (nSPS) is 16.3. The summed E-state index contributed by atoms with van der Waals surface area (Å²) in [6.07, 6.45) is 0. The molecule has 124 valence electrons. The zero-order valence-corrected chi connectivity index (χ0v) is 13.5. The summed E-state index contributed by atoms with van der Waals surface area (Å²) < 4.78 is 10.7. The van der Waals surface area contributed by atoms with Gasteiger partial charge in [-0.05, 0) is 19.4 Å². The topological polar surface area (TPSA) is 94.4 Å². The van der Waals surface area contributed by atoms with Crippen LogP contribution in [0.4, 0.5) is 0 Å². The molecule has 0 bridgehead atoms. The van der Waals surface area contributed by atoms with Gasteiger partial charge >= 0.3 is 5.97 Å². The fraction of sp³-hybridized carbons (Fsp3) is 0.222. The van der Waals surface area contributed by atoms with Crippen molar-refractivity contribution in [3.8, 4) is 5.75 Å². The van der Waals surface area contributed by atoms with Gasteiger partial charge in [-0.3, -0.25) is 4.79 Å². The molecule has 1 aromatic carbocycles. The second kappa shape index (κ2) is 6.23. The third kappa shape index (κ3) is 2.67. The Labute approximate surface area is 138 Å². The number of H-pyrrole nitrogens is 1. The monoisotopic (exact) mass is 326 g/mol. The molecule has 2 heterocycles. The number of hydrogen-bond donors (Lipinski definition) is 2. The van der Waals surface area contributed by atoms with E-state index >= 15 is 0 Å². The van der Waals surface area contributed by atoms with Gasteiger partial charge in [0.2, 0.25) is 5.88 Å². The summed E-state index contributed by atoms with van der Waals surface area (Å²) in [4.78, 5) is 27.7. The van der Waals surface area contributed by atoms with Crippen LogP contribution in [-0.4, -0.2) is 17.6 Å². The average Bonchev–Trinajstić information content (AvgIpc) is 2.54. The molecule has 6 nitrogen and oxygen atoms in total. The smallest absolute Gasteiger partial charge is 0.340 e. The highest BCUT2D eigenvalue weighted by molar-refractivity contribution is 5.92. The van der Waals surface area contributed by atoms with Crippen molar-refractivity contribution in [2.24, 2.45) is 5.73 Å². The number of esters is 1. The van der Waals surface area contributed by atoms with Crippen LogP contribution in [0.1, 0.15) is 29.7 Å². The highest BCUT2D eigenvalue weighted by Gasteiger charge is 2.37. The molecule has 6 heteroatoms. The minimum Gasteiger partial charge on any atom is -0.462 e. The lowest BCUT2D eigenvalue weighted by molar-refractivity contribution is -0.139. The van der Waals surface area contributed by atoms with E-state index in [0.717, 1.165) is 5.56 Å². The number of nitrogens with two attached hydrogens (primary N) is 1. The van der Waals surface area contributed by atoms with Crippen LogP contribution < -0.4 is 16.0 Å². The van der Waals surface area contributed by atoms with Crippen molar-refractivity contribution in [2.75, 3.05) is 6.61 Å². The van der Waals surface area contributed by atoms with E-state index in [0.29, 0.717) is 17.0 Å². The summed E-state index contributed by atoms with van der Waals surface area (Å²) in [5.41, 5.74) is 7.60. The van der Waals surface area contributed by atoms with Gasteiger partial charge in [0.15, 0.2) is 0 Å². The fourth-order valence-corrected chi connectivity index (χ4v) is 2.89. The first-order valence-electron chi connectivity index (χ1n) is 7.66. The second-order valence-electron chi connectivity index (χ2n) is 5.50. The minimum absolute atomic E-state index is 0.0418. The number of aryl methyl sites for hydroxylation is 1. The number of pyridine rings is 1. The van der Waals surface area contributed by atoms with E-state index in [-0.39, 0.29) is 23.6 Å². The Hall–Kier alpha value is -3.02. The van der Waals surface area contributed by atoms with E-state index in [1.807, 2.05) is 30.3 Å². The zero-order chi connectivity index (χ0) is 17.3. The SMILES string of the molecule is CCOC(=O)C1=C(N)Oc2cc(C)[nH]c(=O)c2C1c1ccccc1. The van der Waals surface area contributed by atoms with Crippen LogP contribution in [0, 0.1) is 6.92 Å². The number of benzene rings is 1. The number of hydrogen-bond acceptors (Lipinski definition) is 5. The Kier molecular flexibility index (Phi) is 4.12. The van der Waals surface area contributed by atoms with Crippen LogP contribution in [0.25, 0.3) is 0 Å². The van der Waals surface area contributed by atoms with Gasteiger partial charge < -0.3 is 20.2 Å². The van der Waals surface area contributed by atoms with Crippen molar-refractivity contribution in [3.05, 3.63) is 75.0 Å². The molecule has 0 saturated heterocycles. The summed E-state index contributed by atoms with van der Waals surface area (Å²) in [5.74, 6) is -0.914. The molecule has 1 aliphatic heterocycles. The molecule has 2 aromatic rings. The molecular weight excluding hydrogens is 308 g/mol. The van der Waals surface area contributed by atoms with E-state index in [2.05, 4.69) is 4.98 Å². The number of aromatic amines is 1. The van der Waals surface area contributed by atoms with E-state index in [9.17, 15) is 9.59 Å². The zero-order valence-electron chi connectivity index (χ0n) is 13.5. The molecule has 0 aliphatic carbocycles. The number of carbonyl (C=O) groups excluding carboxylic acids is 1. The minimum atomic E-state index is -0.640. The summed E-state index contributed by atoms with van der Waals surface area (Å²) >= 11 is 0. The Bertz CT molecular complexity index is 868. The molecule has 0 radical (unpaired) electrons. The highest BCUT2D eigenvalue weighted by Crippen LogP contribution is 2.40. The van der Waals surface area contributed by atoms with Crippen LogP contribution in [-0.2, 0) is 9.53 Å². The molecule has 0 spiro atoms. The number of aromatic nitrogens is 1. The van der Waals surface area contributed by atoms with Gasteiger partial charge in [-0.15, -0.1) is 0 Å². The summed E-state index contributed by atoms with van der Waals surface area (Å²) in [7, 11) is 0. The maximum atomic E-state index is 12.6. The Morgan fingerprint density at radius 1 is 1.33 bits per heavy atom. The molecule has 24 heavy (non-hydrogen) atoms. The molecule has 3 rings (SSSR count). The van der Waals surface area contributed by atoms with Gasteiger partial charge in [0.05, 0.1) is 18.1 Å². The van der Waals surface area contributed by atoms with Gasteiger partial charge in [0, 0.05) is 11.8 Å². The summed E-state index contributed by atoms with van der Waals surface area (Å²) in [6.45, 7) is 3.66. The van der Waals surface area contributed by atoms with Crippen molar-refractivity contribution in [1.29, 1.82) is 0 Å². The number of nitrogens with one attached hydrogen (secondary N) is 1. The Morgan fingerprint density at radius 3 is 2.71 bits per heavy atom. The lowest BCUT2D eigenvalue weighted by Gasteiger charge is -2.27. The van der Waals surface area contributed by atoms with Gasteiger partial charge in [0.25, 0.3) is 5.56 Å². The van der Waals surface area contributed by atoms with Crippen molar-refractivity contribution in [1.82, 2.24) is 4.98 Å². The number of carbonyl (C=O) groups is 1. The number of rotatable bonds is 3. The average molecular weight is 326 g/mol. The van der Waals surface area contributed by atoms with E-state index in [1.165, 1.54) is 0 Å². The molecule has 1 unspecified atom stereocenters. The van der Waals surface area contributed by atoms with E-state index < -0.39 is 11.9 Å². The van der Waals surface area contributed by atoms with Crippen molar-refractivity contribution >= 4 is 5.97 Å². The predicted octanol–water partition coefficient (Wildman–Crippen LogP) is 1.94. The first kappa shape index (κ1) is 15.9. The summed E-state index contributed by atoms with van der Waals surface area (Å²) in [6, 6.07) is 10.9. The third-order valence-corrected chi connectivity index (χ3v) is 3.86. The molecule has 1 aliphatic rings. The van der Waals surface area contributed by atoms with Gasteiger partial charge in [-0.1, -0.05) is 30.3 Å². The Morgan fingerprint density at radius 2 is 2.04 bits per heavy atom. The van der Waals surface area contributed by atoms with Crippen LogP contribution in [0.15, 0.2) is 52.6 Å². The third-order valence-electron chi connectivity index (χ3n) is 3.86. The molecule has 0 saturated carbocycles. The molecule has 1 atom stereocenters. The first-order valence-corrected chi connectivity index (χ1v) is 7.66. The van der Waals surface area contributed by atoms with Crippen molar-refractivity contribution < 1.29 is 14.3 Å². The molecule has 0 amide bonds. The van der Waals surface area contributed by atoms with Gasteiger partial charge in [-0.2, -0.15) is 0 Å². The predicted molar refractivity (Wildman–Crippen MR) is 88.6 cm³/mol. The van der Waals surface area contributed by atoms with Crippen molar-refractivity contribution in [2.45, 2.75) is 19.8 Å². The van der Waals surface area contributed by atoms with Crippen LogP contribution in [0.5, 0.6) is 5.75 Å². The van der Waals surface area contributed by atoms with Crippen LogP contribution >= 0.6 is 0 Å². The second-order valence-corrected chi connectivity index (χ2v) is 5.50. The van der Waals surface area contributed by atoms with E-state index in [1.54, 1.807) is 19.9 Å². The quantitative estimate of drug-likeness (QED) is 0.841. The molecule has 1 aromatic heterocycles. The number of fused-ring (bicyclic) bond motifs is 1. The van der Waals surface area contributed by atoms with E-state index in [4.69, 9.17) is 15.2 Å². The fourth-order valence-electron chi connectivity index (χ4n) is 2.89. The lowest BCUT2D eigenvalue weighted by atomic mass is 9.83. The maximum absolute atomic E-state index is 12.6. The summed E-state index contributed by atoms with van der Waals surface area (Å²) in [5, 5.41) is 0. The largest absolute Gasteiger partial charge is 0.462 e. The van der Waals surface area contributed by atoms with Crippen molar-refractivity contribution in [3.63, 3.8) is 0 Å². The first-order chi connectivity index (χ1) is 11.5. The molecule has 3 N–H and O–H groups in total. The lowest BCUT2D eigenvalue weighted by Crippen LogP contribution is -2.32.